The highest BCUT2D eigenvalue weighted by molar-refractivity contribution is 6.35. The lowest BCUT2D eigenvalue weighted by atomic mass is 10.0. The summed E-state index contributed by atoms with van der Waals surface area (Å²) in [5.74, 6) is -0.990. The van der Waals surface area contributed by atoms with Gasteiger partial charge in [0.1, 0.15) is 5.69 Å². The number of aromatic nitrogens is 1. The molecule has 3 nitrogen and oxygen atoms in total. The van der Waals surface area contributed by atoms with Gasteiger partial charge in [-0.3, -0.25) is 0 Å². The molecule has 5 heteroatoms. The van der Waals surface area contributed by atoms with Crippen LogP contribution in [0.1, 0.15) is 10.5 Å². The van der Waals surface area contributed by atoms with Crippen molar-refractivity contribution in [3.05, 3.63) is 58.2 Å². The molecule has 0 saturated heterocycles. The molecule has 0 fully saturated rings. The molecule has 0 radical (unpaired) electrons. The second-order valence-corrected chi connectivity index (χ2v) is 5.29. The van der Waals surface area contributed by atoms with Gasteiger partial charge in [-0.2, -0.15) is 0 Å². The average Bonchev–Trinajstić information content (AvgIpc) is 2.81. The lowest BCUT2D eigenvalue weighted by Gasteiger charge is -2.05. The molecule has 2 aromatic carbocycles. The van der Waals surface area contributed by atoms with E-state index in [1.54, 1.807) is 24.3 Å². The second-order valence-electron chi connectivity index (χ2n) is 4.42. The number of rotatable bonds is 2. The number of carboxylic acid groups (broad SMARTS) is 1. The Kier molecular flexibility index (Phi) is 3.16. The summed E-state index contributed by atoms with van der Waals surface area (Å²) in [5, 5.41) is 11.0. The monoisotopic (exact) mass is 305 g/mol. The van der Waals surface area contributed by atoms with Crippen molar-refractivity contribution in [2.75, 3.05) is 0 Å². The van der Waals surface area contributed by atoms with Crippen LogP contribution in [-0.4, -0.2) is 16.1 Å². The van der Waals surface area contributed by atoms with Crippen molar-refractivity contribution in [2.24, 2.45) is 0 Å². The van der Waals surface area contributed by atoms with E-state index in [9.17, 15) is 4.79 Å². The summed E-state index contributed by atoms with van der Waals surface area (Å²) in [5.41, 5.74) is 2.61. The third-order valence-corrected chi connectivity index (χ3v) is 3.50. The van der Waals surface area contributed by atoms with Gasteiger partial charge in [-0.25, -0.2) is 4.79 Å². The lowest BCUT2D eigenvalue weighted by molar-refractivity contribution is 0.0691. The third-order valence-electron chi connectivity index (χ3n) is 3.06. The van der Waals surface area contributed by atoms with Gasteiger partial charge in [0.2, 0.25) is 0 Å². The summed E-state index contributed by atoms with van der Waals surface area (Å²) in [6.45, 7) is 0. The molecule has 0 aliphatic heterocycles. The Morgan fingerprint density at radius 1 is 1.05 bits per heavy atom. The standard InChI is InChI=1S/C15H9Cl2NO2/c16-10-4-9(5-11(17)7-10)12-3-1-2-8-6-13(15(19)20)18-14(8)12/h1-7,18H,(H,19,20). The molecular formula is C15H9Cl2NO2. The van der Waals surface area contributed by atoms with Gasteiger partial charge in [-0.05, 0) is 29.8 Å². The van der Waals surface area contributed by atoms with E-state index in [2.05, 4.69) is 4.98 Å². The van der Waals surface area contributed by atoms with Gasteiger partial charge < -0.3 is 10.1 Å². The number of fused-ring (bicyclic) bond motifs is 1. The topological polar surface area (TPSA) is 53.1 Å². The Morgan fingerprint density at radius 3 is 2.40 bits per heavy atom. The largest absolute Gasteiger partial charge is 0.477 e. The minimum atomic E-state index is -0.990. The quantitative estimate of drug-likeness (QED) is 0.711. The number of aromatic carboxylic acids is 1. The Balaban J connectivity index is 2.27. The van der Waals surface area contributed by atoms with Crippen molar-refractivity contribution < 1.29 is 9.90 Å². The maximum atomic E-state index is 11.1. The van der Waals surface area contributed by atoms with Crippen LogP contribution in [0, 0.1) is 0 Å². The van der Waals surface area contributed by atoms with Crippen molar-refractivity contribution in [3.63, 3.8) is 0 Å². The molecule has 0 atom stereocenters. The van der Waals surface area contributed by atoms with Gasteiger partial charge in [0.25, 0.3) is 0 Å². The van der Waals surface area contributed by atoms with E-state index in [0.29, 0.717) is 10.0 Å². The minimum Gasteiger partial charge on any atom is -0.477 e. The summed E-state index contributed by atoms with van der Waals surface area (Å²) < 4.78 is 0. The fourth-order valence-electron chi connectivity index (χ4n) is 2.22. The smallest absolute Gasteiger partial charge is 0.352 e. The molecule has 0 aliphatic rings. The molecule has 3 rings (SSSR count). The second kappa shape index (κ2) is 4.85. The normalized spacial score (nSPS) is 10.9. The van der Waals surface area contributed by atoms with Crippen molar-refractivity contribution >= 4 is 40.1 Å². The van der Waals surface area contributed by atoms with Crippen LogP contribution >= 0.6 is 23.2 Å². The highest BCUT2D eigenvalue weighted by Gasteiger charge is 2.11. The Labute approximate surface area is 124 Å². The number of H-pyrrole nitrogens is 1. The molecule has 20 heavy (non-hydrogen) atoms. The Bertz CT molecular complexity index is 804. The number of para-hydroxylation sites is 1. The van der Waals surface area contributed by atoms with Crippen molar-refractivity contribution in [1.29, 1.82) is 0 Å². The summed E-state index contributed by atoms with van der Waals surface area (Å²) in [4.78, 5) is 14.0. The predicted octanol–water partition coefficient (Wildman–Crippen LogP) is 4.84. The van der Waals surface area contributed by atoms with Gasteiger partial charge in [0.15, 0.2) is 0 Å². The van der Waals surface area contributed by atoms with E-state index in [1.165, 1.54) is 0 Å². The molecule has 100 valence electrons. The van der Waals surface area contributed by atoms with Gasteiger partial charge in [-0.1, -0.05) is 41.4 Å². The minimum absolute atomic E-state index is 0.153. The first-order chi connectivity index (χ1) is 9.54. The van der Waals surface area contributed by atoms with Gasteiger partial charge >= 0.3 is 5.97 Å². The molecule has 0 bridgehead atoms. The zero-order valence-corrected chi connectivity index (χ0v) is 11.7. The third kappa shape index (κ3) is 2.26. The van der Waals surface area contributed by atoms with Crippen LogP contribution in [0.15, 0.2) is 42.5 Å². The predicted molar refractivity (Wildman–Crippen MR) is 80.7 cm³/mol. The zero-order valence-electron chi connectivity index (χ0n) is 10.2. The van der Waals surface area contributed by atoms with E-state index in [0.717, 1.165) is 22.0 Å². The maximum Gasteiger partial charge on any atom is 0.352 e. The van der Waals surface area contributed by atoms with Crippen LogP contribution in [0.4, 0.5) is 0 Å². The number of hydrogen-bond acceptors (Lipinski definition) is 1. The SMILES string of the molecule is O=C(O)c1cc2cccc(-c3cc(Cl)cc(Cl)c3)c2[nH]1. The van der Waals surface area contributed by atoms with Crippen molar-refractivity contribution in [1.82, 2.24) is 4.98 Å². The summed E-state index contributed by atoms with van der Waals surface area (Å²) in [7, 11) is 0. The fraction of sp³-hybridized carbons (Fsp3) is 0. The van der Waals surface area contributed by atoms with Gasteiger partial charge in [-0.15, -0.1) is 0 Å². The van der Waals surface area contributed by atoms with Crippen LogP contribution in [0.3, 0.4) is 0 Å². The van der Waals surface area contributed by atoms with Crippen molar-refractivity contribution in [3.8, 4) is 11.1 Å². The first-order valence-electron chi connectivity index (χ1n) is 5.86. The Morgan fingerprint density at radius 2 is 1.75 bits per heavy atom. The van der Waals surface area contributed by atoms with Crippen LogP contribution in [-0.2, 0) is 0 Å². The molecule has 1 heterocycles. The van der Waals surface area contributed by atoms with Gasteiger partial charge in [0.05, 0.1) is 5.52 Å². The highest BCUT2D eigenvalue weighted by Crippen LogP contribution is 2.32. The van der Waals surface area contributed by atoms with E-state index in [1.807, 2.05) is 18.2 Å². The number of halogens is 2. The van der Waals surface area contributed by atoms with Crippen molar-refractivity contribution in [2.45, 2.75) is 0 Å². The van der Waals surface area contributed by atoms with Crippen LogP contribution in [0.25, 0.3) is 22.0 Å². The maximum absolute atomic E-state index is 11.1. The number of aromatic amines is 1. The number of hydrogen-bond donors (Lipinski definition) is 2. The summed E-state index contributed by atoms with van der Waals surface area (Å²) >= 11 is 12.0. The molecule has 0 saturated carbocycles. The zero-order chi connectivity index (χ0) is 14.3. The van der Waals surface area contributed by atoms with E-state index in [4.69, 9.17) is 28.3 Å². The van der Waals surface area contributed by atoms with Crippen LogP contribution in [0.2, 0.25) is 10.0 Å². The van der Waals surface area contributed by atoms with Crippen LogP contribution in [0.5, 0.6) is 0 Å². The van der Waals surface area contributed by atoms with Gasteiger partial charge in [0, 0.05) is 21.0 Å². The molecule has 3 aromatic rings. The molecule has 0 spiro atoms. The molecule has 1 aromatic heterocycles. The fourth-order valence-corrected chi connectivity index (χ4v) is 2.75. The first kappa shape index (κ1) is 13.0. The molecule has 0 amide bonds. The van der Waals surface area contributed by atoms with Crippen LogP contribution < -0.4 is 0 Å². The molecular weight excluding hydrogens is 297 g/mol. The summed E-state index contributed by atoms with van der Waals surface area (Å²) in [6, 6.07) is 12.5. The van der Waals surface area contributed by atoms with E-state index < -0.39 is 5.97 Å². The number of carbonyl (C=O) groups is 1. The molecule has 0 unspecified atom stereocenters. The molecule has 0 aliphatic carbocycles. The van der Waals surface area contributed by atoms with E-state index >= 15 is 0 Å². The first-order valence-corrected chi connectivity index (χ1v) is 6.62. The lowest BCUT2D eigenvalue weighted by Crippen LogP contribution is -1.95. The molecule has 2 N–H and O–H groups in total. The highest BCUT2D eigenvalue weighted by atomic mass is 35.5. The summed E-state index contributed by atoms with van der Waals surface area (Å²) in [6.07, 6.45) is 0. The average molecular weight is 306 g/mol. The number of nitrogens with one attached hydrogen (secondary N) is 1. The van der Waals surface area contributed by atoms with E-state index in [-0.39, 0.29) is 5.69 Å². The number of carboxylic acids is 1. The Hall–Kier alpha value is -1.97. The number of benzene rings is 2.